The van der Waals surface area contributed by atoms with Gasteiger partial charge in [-0.05, 0) is 25.8 Å². The first-order valence-corrected chi connectivity index (χ1v) is 6.49. The Morgan fingerprint density at radius 1 is 1.38 bits per heavy atom. The maximum Gasteiger partial charge on any atom is 0.236 e. The van der Waals surface area contributed by atoms with Crippen molar-refractivity contribution in [1.82, 2.24) is 9.80 Å². The number of amides is 1. The fraction of sp³-hybridized carbons (Fsp3) is 0.917. The second kappa shape index (κ2) is 5.15. The van der Waals surface area contributed by atoms with Crippen molar-refractivity contribution < 1.29 is 4.79 Å². The number of hydrogen-bond donors (Lipinski definition) is 1. The van der Waals surface area contributed by atoms with Crippen molar-refractivity contribution in [2.45, 2.75) is 44.7 Å². The Kier molecular flexibility index (Phi) is 3.82. The minimum atomic E-state index is -0.155. The van der Waals surface area contributed by atoms with Gasteiger partial charge in [0.05, 0.1) is 0 Å². The molecule has 1 aliphatic carbocycles. The molecule has 0 aromatic rings. The van der Waals surface area contributed by atoms with E-state index in [0.717, 1.165) is 38.6 Å². The van der Waals surface area contributed by atoms with E-state index in [0.29, 0.717) is 0 Å². The zero-order valence-corrected chi connectivity index (χ0v) is 10.2. The minimum Gasteiger partial charge on any atom is -0.368 e. The van der Waals surface area contributed by atoms with Crippen molar-refractivity contribution in [2.75, 3.05) is 26.2 Å². The molecule has 1 heterocycles. The lowest BCUT2D eigenvalue weighted by Crippen LogP contribution is -2.61. The number of rotatable bonds is 4. The molecule has 1 saturated heterocycles. The van der Waals surface area contributed by atoms with Gasteiger partial charge in [-0.2, -0.15) is 0 Å². The van der Waals surface area contributed by atoms with Gasteiger partial charge in [0.1, 0.15) is 6.04 Å². The molecule has 4 heteroatoms. The van der Waals surface area contributed by atoms with Crippen molar-refractivity contribution in [3.63, 3.8) is 0 Å². The molecule has 1 saturated carbocycles. The number of carbonyl (C=O) groups excluding carboxylic acids is 1. The Morgan fingerprint density at radius 2 is 2.12 bits per heavy atom. The second-order valence-corrected chi connectivity index (χ2v) is 5.03. The van der Waals surface area contributed by atoms with Crippen LogP contribution in [0.15, 0.2) is 0 Å². The van der Waals surface area contributed by atoms with Gasteiger partial charge in [0.25, 0.3) is 0 Å². The Bertz CT molecular complexity index is 253. The molecule has 1 atom stereocenters. The predicted octanol–water partition coefficient (Wildman–Crippen LogP) is 0.420. The van der Waals surface area contributed by atoms with Gasteiger partial charge in [0.2, 0.25) is 5.91 Å². The summed E-state index contributed by atoms with van der Waals surface area (Å²) in [6, 6.07) is 0.667. The first kappa shape index (κ1) is 11.9. The molecule has 1 aliphatic heterocycles. The molecule has 2 N–H and O–H groups in total. The van der Waals surface area contributed by atoms with Crippen LogP contribution in [0.2, 0.25) is 0 Å². The molecular formula is C12H23N3O. The SMILES string of the molecule is CCCN1CCN(C2CCC2)C[C@H]1C(N)=O. The number of primary amides is 1. The van der Waals surface area contributed by atoms with Crippen LogP contribution in [0, 0.1) is 0 Å². The molecule has 2 aliphatic rings. The molecule has 0 radical (unpaired) electrons. The van der Waals surface area contributed by atoms with E-state index >= 15 is 0 Å². The smallest absolute Gasteiger partial charge is 0.236 e. The van der Waals surface area contributed by atoms with Crippen LogP contribution in [0.3, 0.4) is 0 Å². The summed E-state index contributed by atoms with van der Waals surface area (Å²) in [5.41, 5.74) is 5.50. The maximum atomic E-state index is 11.5. The van der Waals surface area contributed by atoms with E-state index < -0.39 is 0 Å². The summed E-state index contributed by atoms with van der Waals surface area (Å²) in [4.78, 5) is 16.2. The van der Waals surface area contributed by atoms with Crippen LogP contribution < -0.4 is 5.73 Å². The Labute approximate surface area is 97.8 Å². The summed E-state index contributed by atoms with van der Waals surface area (Å²) in [6.45, 7) is 6.09. The number of carbonyl (C=O) groups is 1. The zero-order chi connectivity index (χ0) is 11.5. The van der Waals surface area contributed by atoms with E-state index in [9.17, 15) is 4.79 Å². The van der Waals surface area contributed by atoms with Gasteiger partial charge in [-0.25, -0.2) is 0 Å². The van der Waals surface area contributed by atoms with E-state index in [-0.39, 0.29) is 11.9 Å². The third-order valence-electron chi connectivity index (χ3n) is 3.95. The van der Waals surface area contributed by atoms with E-state index in [2.05, 4.69) is 16.7 Å². The molecule has 0 aromatic heterocycles. The molecule has 92 valence electrons. The first-order valence-electron chi connectivity index (χ1n) is 6.49. The van der Waals surface area contributed by atoms with Crippen LogP contribution >= 0.6 is 0 Å². The monoisotopic (exact) mass is 225 g/mol. The minimum absolute atomic E-state index is 0.0608. The lowest BCUT2D eigenvalue weighted by molar-refractivity contribution is -0.126. The third-order valence-corrected chi connectivity index (χ3v) is 3.95. The van der Waals surface area contributed by atoms with Crippen LogP contribution in [-0.4, -0.2) is 54.0 Å². The van der Waals surface area contributed by atoms with Gasteiger partial charge < -0.3 is 5.73 Å². The van der Waals surface area contributed by atoms with Gasteiger partial charge in [0, 0.05) is 25.7 Å². The fourth-order valence-electron chi connectivity index (χ4n) is 2.75. The largest absolute Gasteiger partial charge is 0.368 e. The Balaban J connectivity index is 1.93. The summed E-state index contributed by atoms with van der Waals surface area (Å²) in [5, 5.41) is 0. The quantitative estimate of drug-likeness (QED) is 0.754. The highest BCUT2D eigenvalue weighted by atomic mass is 16.1. The number of hydrogen-bond acceptors (Lipinski definition) is 3. The van der Waals surface area contributed by atoms with Crippen LogP contribution in [0.5, 0.6) is 0 Å². The molecule has 1 amide bonds. The highest BCUT2D eigenvalue weighted by Crippen LogP contribution is 2.26. The lowest BCUT2D eigenvalue weighted by Gasteiger charge is -2.46. The average Bonchev–Trinajstić information content (AvgIpc) is 2.17. The van der Waals surface area contributed by atoms with Crippen molar-refractivity contribution in [3.8, 4) is 0 Å². The molecule has 0 bridgehead atoms. The average molecular weight is 225 g/mol. The standard InChI is InChI=1S/C12H23N3O/c1-2-6-14-7-8-15(10-4-3-5-10)9-11(14)12(13)16/h10-11H,2-9H2,1H3,(H2,13,16)/t11-/m0/s1. The Morgan fingerprint density at radius 3 is 2.62 bits per heavy atom. The Hall–Kier alpha value is -0.610. The molecule has 4 nitrogen and oxygen atoms in total. The van der Waals surface area contributed by atoms with E-state index in [1.165, 1.54) is 19.3 Å². The van der Waals surface area contributed by atoms with E-state index in [1.54, 1.807) is 0 Å². The number of nitrogens with zero attached hydrogens (tertiary/aromatic N) is 2. The summed E-state index contributed by atoms with van der Waals surface area (Å²) < 4.78 is 0. The van der Waals surface area contributed by atoms with Crippen molar-refractivity contribution in [1.29, 1.82) is 0 Å². The molecule has 0 spiro atoms. The fourth-order valence-corrected chi connectivity index (χ4v) is 2.75. The van der Waals surface area contributed by atoms with Crippen LogP contribution in [0.4, 0.5) is 0 Å². The molecular weight excluding hydrogens is 202 g/mol. The highest BCUT2D eigenvalue weighted by Gasteiger charge is 2.35. The van der Waals surface area contributed by atoms with Crippen molar-refractivity contribution in [2.24, 2.45) is 5.73 Å². The molecule has 0 aromatic carbocycles. The van der Waals surface area contributed by atoms with Gasteiger partial charge in [-0.3, -0.25) is 14.6 Å². The lowest BCUT2D eigenvalue weighted by atomic mass is 9.90. The van der Waals surface area contributed by atoms with E-state index in [4.69, 9.17) is 5.73 Å². The summed E-state index contributed by atoms with van der Waals surface area (Å²) in [7, 11) is 0. The van der Waals surface area contributed by atoms with Gasteiger partial charge >= 0.3 is 0 Å². The molecule has 16 heavy (non-hydrogen) atoms. The highest BCUT2D eigenvalue weighted by molar-refractivity contribution is 5.80. The molecule has 0 unspecified atom stereocenters. The summed E-state index contributed by atoms with van der Waals surface area (Å²) in [6.07, 6.45) is 5.05. The topological polar surface area (TPSA) is 49.6 Å². The van der Waals surface area contributed by atoms with Gasteiger partial charge in [0.15, 0.2) is 0 Å². The van der Waals surface area contributed by atoms with Gasteiger partial charge in [-0.1, -0.05) is 13.3 Å². The third kappa shape index (κ3) is 2.38. The molecule has 2 rings (SSSR count). The summed E-state index contributed by atoms with van der Waals surface area (Å²) in [5.74, 6) is -0.155. The maximum absolute atomic E-state index is 11.5. The first-order chi connectivity index (χ1) is 7.72. The van der Waals surface area contributed by atoms with Crippen molar-refractivity contribution in [3.05, 3.63) is 0 Å². The normalized spacial score (nSPS) is 28.9. The molecule has 2 fully saturated rings. The number of nitrogens with two attached hydrogens (primary N) is 1. The van der Waals surface area contributed by atoms with Crippen molar-refractivity contribution >= 4 is 5.91 Å². The zero-order valence-electron chi connectivity index (χ0n) is 10.2. The van der Waals surface area contributed by atoms with Crippen LogP contribution in [-0.2, 0) is 4.79 Å². The number of piperazine rings is 1. The van der Waals surface area contributed by atoms with E-state index in [1.807, 2.05) is 0 Å². The van der Waals surface area contributed by atoms with Crippen LogP contribution in [0.25, 0.3) is 0 Å². The van der Waals surface area contributed by atoms with Crippen LogP contribution in [0.1, 0.15) is 32.6 Å². The predicted molar refractivity (Wildman–Crippen MR) is 64.1 cm³/mol. The summed E-state index contributed by atoms with van der Waals surface area (Å²) >= 11 is 0. The van der Waals surface area contributed by atoms with Gasteiger partial charge in [-0.15, -0.1) is 0 Å². The second-order valence-electron chi connectivity index (χ2n) is 5.03.